The summed E-state index contributed by atoms with van der Waals surface area (Å²) in [5.74, 6) is 0. The van der Waals surface area contributed by atoms with Crippen molar-refractivity contribution >= 4 is 5.69 Å². The zero-order valence-corrected chi connectivity index (χ0v) is 9.61. The second-order valence-corrected chi connectivity index (χ2v) is 4.26. The fraction of sp³-hybridized carbons (Fsp3) is 0.462. The number of nitrogen functional groups attached to an aromatic ring is 1. The van der Waals surface area contributed by atoms with Gasteiger partial charge in [0.1, 0.15) is 0 Å². The van der Waals surface area contributed by atoms with E-state index in [1.165, 1.54) is 11.1 Å². The lowest BCUT2D eigenvalue weighted by atomic mass is 9.96. The topological polar surface area (TPSA) is 53.0 Å². The fourth-order valence-corrected chi connectivity index (χ4v) is 2.36. The Balaban J connectivity index is 2.22. The minimum atomic E-state index is 0.0366. The number of nitrogens with two attached hydrogens (primary N) is 1. The van der Waals surface area contributed by atoms with Gasteiger partial charge in [-0.2, -0.15) is 5.26 Å². The van der Waals surface area contributed by atoms with Gasteiger partial charge in [-0.3, -0.25) is 4.90 Å². The summed E-state index contributed by atoms with van der Waals surface area (Å²) in [6.45, 7) is 3.85. The SMILES string of the molecule is CCC(C#N)N1CCc2c(N)cccc2C1. The summed E-state index contributed by atoms with van der Waals surface area (Å²) in [7, 11) is 0. The van der Waals surface area contributed by atoms with Crippen LogP contribution < -0.4 is 5.73 Å². The second kappa shape index (κ2) is 4.54. The van der Waals surface area contributed by atoms with E-state index in [0.29, 0.717) is 0 Å². The third-order valence-electron chi connectivity index (χ3n) is 3.31. The Morgan fingerprint density at radius 1 is 1.56 bits per heavy atom. The van der Waals surface area contributed by atoms with Crippen LogP contribution in [0, 0.1) is 11.3 Å². The molecular formula is C13H17N3. The predicted octanol–water partition coefficient (Wildman–Crippen LogP) is 1.93. The van der Waals surface area contributed by atoms with Crippen LogP contribution in [-0.2, 0) is 13.0 Å². The first-order valence-electron chi connectivity index (χ1n) is 5.76. The Kier molecular flexibility index (Phi) is 3.12. The van der Waals surface area contributed by atoms with E-state index in [-0.39, 0.29) is 6.04 Å². The molecule has 2 N–H and O–H groups in total. The molecule has 1 unspecified atom stereocenters. The van der Waals surface area contributed by atoms with Gasteiger partial charge in [0.15, 0.2) is 0 Å². The third kappa shape index (κ3) is 1.89. The van der Waals surface area contributed by atoms with E-state index in [0.717, 1.165) is 31.6 Å². The Morgan fingerprint density at radius 2 is 2.38 bits per heavy atom. The molecule has 0 bridgehead atoms. The van der Waals surface area contributed by atoms with Crippen molar-refractivity contribution < 1.29 is 0 Å². The summed E-state index contributed by atoms with van der Waals surface area (Å²) in [5, 5.41) is 9.06. The number of hydrogen-bond acceptors (Lipinski definition) is 3. The average Bonchev–Trinajstić information content (AvgIpc) is 2.31. The molecule has 16 heavy (non-hydrogen) atoms. The van der Waals surface area contributed by atoms with Gasteiger partial charge >= 0.3 is 0 Å². The van der Waals surface area contributed by atoms with Crippen molar-refractivity contribution in [3.05, 3.63) is 29.3 Å². The van der Waals surface area contributed by atoms with Crippen molar-refractivity contribution in [1.82, 2.24) is 4.90 Å². The van der Waals surface area contributed by atoms with E-state index >= 15 is 0 Å². The van der Waals surface area contributed by atoms with E-state index < -0.39 is 0 Å². The molecule has 3 nitrogen and oxygen atoms in total. The summed E-state index contributed by atoms with van der Waals surface area (Å²) in [6, 6.07) is 8.46. The molecule has 1 atom stereocenters. The van der Waals surface area contributed by atoms with Crippen molar-refractivity contribution in [2.75, 3.05) is 12.3 Å². The molecule has 1 aliphatic rings. The van der Waals surface area contributed by atoms with Gasteiger partial charge in [0.2, 0.25) is 0 Å². The predicted molar refractivity (Wildman–Crippen MR) is 64.7 cm³/mol. The molecule has 0 fully saturated rings. The standard InChI is InChI=1S/C13H17N3/c1-2-11(8-14)16-7-6-12-10(9-16)4-3-5-13(12)15/h3-5,11H,2,6-7,9,15H2,1H3. The van der Waals surface area contributed by atoms with Gasteiger partial charge in [0, 0.05) is 18.8 Å². The van der Waals surface area contributed by atoms with Gasteiger partial charge in [-0.15, -0.1) is 0 Å². The Bertz CT molecular complexity index is 420. The van der Waals surface area contributed by atoms with Crippen LogP contribution in [-0.4, -0.2) is 17.5 Å². The van der Waals surface area contributed by atoms with Gasteiger partial charge in [-0.1, -0.05) is 19.1 Å². The number of nitriles is 1. The lowest BCUT2D eigenvalue weighted by Gasteiger charge is -2.32. The van der Waals surface area contributed by atoms with Crippen molar-refractivity contribution in [3.8, 4) is 6.07 Å². The number of nitrogens with zero attached hydrogens (tertiary/aromatic N) is 2. The van der Waals surface area contributed by atoms with E-state index in [2.05, 4.69) is 24.0 Å². The number of fused-ring (bicyclic) bond motifs is 1. The number of rotatable bonds is 2. The highest BCUT2D eigenvalue weighted by Crippen LogP contribution is 2.25. The largest absolute Gasteiger partial charge is 0.398 e. The first kappa shape index (κ1) is 11.0. The van der Waals surface area contributed by atoms with Crippen LogP contribution in [0.15, 0.2) is 18.2 Å². The van der Waals surface area contributed by atoms with Gasteiger partial charge in [0.25, 0.3) is 0 Å². The van der Waals surface area contributed by atoms with Crippen LogP contribution >= 0.6 is 0 Å². The first-order chi connectivity index (χ1) is 7.76. The molecule has 0 radical (unpaired) electrons. The molecular weight excluding hydrogens is 198 g/mol. The quantitative estimate of drug-likeness (QED) is 0.767. The van der Waals surface area contributed by atoms with E-state index in [1.54, 1.807) is 0 Å². The molecule has 0 amide bonds. The minimum Gasteiger partial charge on any atom is -0.398 e. The van der Waals surface area contributed by atoms with Crippen molar-refractivity contribution in [1.29, 1.82) is 5.26 Å². The second-order valence-electron chi connectivity index (χ2n) is 4.26. The zero-order valence-electron chi connectivity index (χ0n) is 9.61. The molecule has 0 spiro atoms. The van der Waals surface area contributed by atoms with Crippen LogP contribution in [0.4, 0.5) is 5.69 Å². The van der Waals surface area contributed by atoms with Crippen LogP contribution in [0.1, 0.15) is 24.5 Å². The monoisotopic (exact) mass is 215 g/mol. The first-order valence-corrected chi connectivity index (χ1v) is 5.76. The smallest absolute Gasteiger partial charge is 0.0978 e. The number of anilines is 1. The molecule has 1 aliphatic heterocycles. The fourth-order valence-electron chi connectivity index (χ4n) is 2.36. The van der Waals surface area contributed by atoms with Crippen LogP contribution in [0.2, 0.25) is 0 Å². The lowest BCUT2D eigenvalue weighted by molar-refractivity contribution is 0.211. The van der Waals surface area contributed by atoms with Gasteiger partial charge in [-0.25, -0.2) is 0 Å². The molecule has 0 saturated heterocycles. The maximum absolute atomic E-state index is 9.06. The summed E-state index contributed by atoms with van der Waals surface area (Å²) < 4.78 is 0. The minimum absolute atomic E-state index is 0.0366. The van der Waals surface area contributed by atoms with Gasteiger partial charge in [0.05, 0.1) is 12.1 Å². The van der Waals surface area contributed by atoms with Crippen molar-refractivity contribution in [3.63, 3.8) is 0 Å². The van der Waals surface area contributed by atoms with Gasteiger partial charge in [-0.05, 0) is 30.0 Å². The molecule has 1 heterocycles. The van der Waals surface area contributed by atoms with E-state index in [4.69, 9.17) is 11.0 Å². The number of hydrogen-bond donors (Lipinski definition) is 1. The molecule has 0 aliphatic carbocycles. The van der Waals surface area contributed by atoms with Crippen LogP contribution in [0.5, 0.6) is 0 Å². The van der Waals surface area contributed by atoms with Crippen molar-refractivity contribution in [2.24, 2.45) is 0 Å². The third-order valence-corrected chi connectivity index (χ3v) is 3.31. The molecule has 0 saturated carbocycles. The van der Waals surface area contributed by atoms with Crippen molar-refractivity contribution in [2.45, 2.75) is 32.4 Å². The molecule has 1 aromatic carbocycles. The Morgan fingerprint density at radius 3 is 3.06 bits per heavy atom. The highest BCUT2D eigenvalue weighted by molar-refractivity contribution is 5.51. The maximum Gasteiger partial charge on any atom is 0.0978 e. The normalized spacial score (nSPS) is 17.5. The molecule has 84 valence electrons. The highest BCUT2D eigenvalue weighted by atomic mass is 15.2. The summed E-state index contributed by atoms with van der Waals surface area (Å²) in [6.07, 6.45) is 1.84. The molecule has 1 aromatic rings. The summed E-state index contributed by atoms with van der Waals surface area (Å²) >= 11 is 0. The van der Waals surface area contributed by atoms with Gasteiger partial charge < -0.3 is 5.73 Å². The Labute approximate surface area is 96.5 Å². The highest BCUT2D eigenvalue weighted by Gasteiger charge is 2.22. The Hall–Kier alpha value is -1.53. The zero-order chi connectivity index (χ0) is 11.5. The van der Waals surface area contributed by atoms with E-state index in [9.17, 15) is 0 Å². The molecule has 0 aromatic heterocycles. The maximum atomic E-state index is 9.06. The van der Waals surface area contributed by atoms with Crippen LogP contribution in [0.25, 0.3) is 0 Å². The average molecular weight is 215 g/mol. The molecule has 2 rings (SSSR count). The summed E-state index contributed by atoms with van der Waals surface area (Å²) in [4.78, 5) is 2.24. The van der Waals surface area contributed by atoms with E-state index in [1.807, 2.05) is 12.1 Å². The lowest BCUT2D eigenvalue weighted by Crippen LogP contribution is -2.38. The van der Waals surface area contributed by atoms with Crippen LogP contribution in [0.3, 0.4) is 0 Å². The molecule has 3 heteroatoms. The number of benzene rings is 1. The summed E-state index contributed by atoms with van der Waals surface area (Å²) in [5.41, 5.74) is 9.38.